The number of carbonyl (C=O) groups excluding carboxylic acids is 1. The number of nitrogens with one attached hydrogen (secondary N) is 1. The molecule has 0 bridgehead atoms. The number of aliphatic hydroxyl groups is 2. The molecule has 1 aromatic carbocycles. The maximum absolute atomic E-state index is 12.0. The summed E-state index contributed by atoms with van der Waals surface area (Å²) in [5, 5.41) is 22.4. The molecule has 1 unspecified atom stereocenters. The van der Waals surface area contributed by atoms with Crippen LogP contribution in [0.15, 0.2) is 36.7 Å². The summed E-state index contributed by atoms with van der Waals surface area (Å²) in [5.74, 6) is -0.670. The molecule has 0 aliphatic carbocycles. The molecule has 0 aliphatic heterocycles. The van der Waals surface area contributed by atoms with E-state index >= 15 is 0 Å². The lowest BCUT2D eigenvalue weighted by Gasteiger charge is -2.14. The second kappa shape index (κ2) is 6.87. The molecule has 1 aromatic heterocycles. The second-order valence-electron chi connectivity index (χ2n) is 4.29. The Morgan fingerprint density at radius 3 is 2.57 bits per heavy atom. The van der Waals surface area contributed by atoms with E-state index in [0.29, 0.717) is 21.3 Å². The van der Waals surface area contributed by atoms with Gasteiger partial charge in [-0.2, -0.15) is 0 Å². The van der Waals surface area contributed by atoms with Gasteiger partial charge in [0.05, 0.1) is 18.5 Å². The predicted octanol–water partition coefficient (Wildman–Crippen LogP) is 2.55. The zero-order chi connectivity index (χ0) is 15.4. The van der Waals surface area contributed by atoms with E-state index in [4.69, 9.17) is 23.2 Å². The molecule has 2 aromatic rings. The zero-order valence-corrected chi connectivity index (χ0v) is 12.3. The lowest BCUT2D eigenvalue weighted by Crippen LogP contribution is -2.21. The van der Waals surface area contributed by atoms with Gasteiger partial charge in [0.25, 0.3) is 5.91 Å². The van der Waals surface area contributed by atoms with Crippen LogP contribution < -0.4 is 5.32 Å². The van der Waals surface area contributed by atoms with Crippen LogP contribution in [0.3, 0.4) is 0 Å². The number of amides is 1. The molecule has 21 heavy (non-hydrogen) atoms. The third-order valence-electron chi connectivity index (χ3n) is 2.79. The van der Waals surface area contributed by atoms with Gasteiger partial charge in [-0.3, -0.25) is 9.78 Å². The van der Waals surface area contributed by atoms with Crippen LogP contribution >= 0.6 is 23.2 Å². The predicted molar refractivity (Wildman–Crippen MR) is 80.2 cm³/mol. The van der Waals surface area contributed by atoms with E-state index in [1.54, 1.807) is 6.07 Å². The summed E-state index contributed by atoms with van der Waals surface area (Å²) in [6, 6.07) is 5.97. The van der Waals surface area contributed by atoms with E-state index < -0.39 is 12.0 Å². The quantitative estimate of drug-likeness (QED) is 0.806. The number of anilines is 1. The van der Waals surface area contributed by atoms with E-state index in [9.17, 15) is 15.0 Å². The summed E-state index contributed by atoms with van der Waals surface area (Å²) in [7, 11) is 0. The van der Waals surface area contributed by atoms with Crippen molar-refractivity contribution in [2.75, 3.05) is 5.32 Å². The number of benzene rings is 1. The van der Waals surface area contributed by atoms with Crippen molar-refractivity contribution in [2.24, 2.45) is 0 Å². The molecule has 7 heteroatoms. The van der Waals surface area contributed by atoms with Crippen molar-refractivity contribution in [3.05, 3.63) is 57.8 Å². The molecule has 0 radical (unpaired) electrons. The van der Waals surface area contributed by atoms with Gasteiger partial charge in [0.1, 0.15) is 0 Å². The lowest BCUT2D eigenvalue weighted by molar-refractivity contribution is -0.124. The summed E-state index contributed by atoms with van der Waals surface area (Å²) >= 11 is 11.7. The third kappa shape index (κ3) is 3.92. The fraction of sp³-hybridized carbons (Fsp3) is 0.143. The molecular formula is C14H12Cl2N2O3. The van der Waals surface area contributed by atoms with E-state index in [0.717, 1.165) is 0 Å². The van der Waals surface area contributed by atoms with Gasteiger partial charge in [0.2, 0.25) is 0 Å². The molecule has 1 atom stereocenters. The SMILES string of the molecule is O=C(Nc1cnccc1CO)C(O)c1cc(Cl)cc(Cl)c1. The number of aromatic nitrogens is 1. The van der Waals surface area contributed by atoms with Gasteiger partial charge in [0, 0.05) is 21.8 Å². The van der Waals surface area contributed by atoms with Crippen LogP contribution in [-0.2, 0) is 11.4 Å². The van der Waals surface area contributed by atoms with Gasteiger partial charge in [-0.1, -0.05) is 23.2 Å². The molecule has 0 saturated heterocycles. The monoisotopic (exact) mass is 326 g/mol. The van der Waals surface area contributed by atoms with Crippen LogP contribution in [0.5, 0.6) is 0 Å². The highest BCUT2D eigenvalue weighted by Gasteiger charge is 2.19. The molecule has 0 fully saturated rings. The molecule has 1 heterocycles. The molecule has 0 spiro atoms. The Morgan fingerprint density at radius 1 is 1.29 bits per heavy atom. The Morgan fingerprint density at radius 2 is 1.95 bits per heavy atom. The van der Waals surface area contributed by atoms with Crippen LogP contribution in [0.25, 0.3) is 0 Å². The van der Waals surface area contributed by atoms with Crippen molar-refractivity contribution in [2.45, 2.75) is 12.7 Å². The van der Waals surface area contributed by atoms with Gasteiger partial charge in [0.15, 0.2) is 6.10 Å². The smallest absolute Gasteiger partial charge is 0.257 e. The van der Waals surface area contributed by atoms with Crippen LogP contribution in [0.2, 0.25) is 10.0 Å². The summed E-state index contributed by atoms with van der Waals surface area (Å²) in [6.07, 6.45) is 1.45. The lowest BCUT2D eigenvalue weighted by atomic mass is 10.1. The van der Waals surface area contributed by atoms with Crippen LogP contribution in [-0.4, -0.2) is 21.1 Å². The average Bonchev–Trinajstić information content (AvgIpc) is 2.46. The first kappa shape index (κ1) is 15.7. The summed E-state index contributed by atoms with van der Waals surface area (Å²) in [6.45, 7) is -0.253. The molecule has 2 rings (SSSR count). The highest BCUT2D eigenvalue weighted by Crippen LogP contribution is 2.25. The highest BCUT2D eigenvalue weighted by molar-refractivity contribution is 6.34. The van der Waals surface area contributed by atoms with E-state index in [2.05, 4.69) is 10.3 Å². The van der Waals surface area contributed by atoms with Crippen molar-refractivity contribution < 1.29 is 15.0 Å². The summed E-state index contributed by atoms with van der Waals surface area (Å²) < 4.78 is 0. The first-order valence-electron chi connectivity index (χ1n) is 6.00. The van der Waals surface area contributed by atoms with Crippen molar-refractivity contribution in [1.82, 2.24) is 4.98 Å². The fourth-order valence-corrected chi connectivity index (χ4v) is 2.30. The van der Waals surface area contributed by atoms with Crippen LogP contribution in [0.1, 0.15) is 17.2 Å². The molecule has 3 N–H and O–H groups in total. The number of aliphatic hydroxyl groups excluding tert-OH is 2. The van der Waals surface area contributed by atoms with Gasteiger partial charge in [-0.25, -0.2) is 0 Å². The maximum Gasteiger partial charge on any atom is 0.257 e. The largest absolute Gasteiger partial charge is 0.392 e. The van der Waals surface area contributed by atoms with Crippen LogP contribution in [0.4, 0.5) is 5.69 Å². The minimum absolute atomic E-state index is 0.253. The first-order valence-corrected chi connectivity index (χ1v) is 6.75. The molecule has 0 saturated carbocycles. The maximum atomic E-state index is 12.0. The van der Waals surface area contributed by atoms with E-state index in [-0.39, 0.29) is 12.2 Å². The number of halogens is 2. The number of carbonyl (C=O) groups is 1. The second-order valence-corrected chi connectivity index (χ2v) is 5.16. The normalized spacial score (nSPS) is 12.0. The Kier molecular flexibility index (Phi) is 5.14. The fourth-order valence-electron chi connectivity index (χ4n) is 1.76. The molecule has 110 valence electrons. The molecule has 0 aliphatic rings. The molecule has 5 nitrogen and oxygen atoms in total. The Bertz CT molecular complexity index is 644. The minimum Gasteiger partial charge on any atom is -0.392 e. The number of hydrogen-bond donors (Lipinski definition) is 3. The van der Waals surface area contributed by atoms with Crippen molar-refractivity contribution in [3.63, 3.8) is 0 Å². The van der Waals surface area contributed by atoms with Gasteiger partial charge < -0.3 is 15.5 Å². The van der Waals surface area contributed by atoms with Crippen molar-refractivity contribution in [1.29, 1.82) is 0 Å². The van der Waals surface area contributed by atoms with Gasteiger partial charge in [-0.05, 0) is 29.8 Å². The van der Waals surface area contributed by atoms with Gasteiger partial charge >= 0.3 is 0 Å². The Balaban J connectivity index is 2.19. The first-order chi connectivity index (χ1) is 10.0. The van der Waals surface area contributed by atoms with E-state index in [1.807, 2.05) is 0 Å². The standard InChI is InChI=1S/C14H12Cl2N2O3/c15-10-3-9(4-11(16)5-10)13(20)14(21)18-12-6-17-2-1-8(12)7-19/h1-6,13,19-20H,7H2,(H,18,21). The highest BCUT2D eigenvalue weighted by atomic mass is 35.5. The molecule has 1 amide bonds. The summed E-state index contributed by atoms with van der Waals surface area (Å²) in [5.41, 5.74) is 1.10. The number of rotatable bonds is 4. The molecular weight excluding hydrogens is 315 g/mol. The topological polar surface area (TPSA) is 82.5 Å². The van der Waals surface area contributed by atoms with Crippen molar-refractivity contribution >= 4 is 34.8 Å². The van der Waals surface area contributed by atoms with Gasteiger partial charge in [-0.15, -0.1) is 0 Å². The van der Waals surface area contributed by atoms with E-state index in [1.165, 1.54) is 30.6 Å². The van der Waals surface area contributed by atoms with Crippen molar-refractivity contribution in [3.8, 4) is 0 Å². The minimum atomic E-state index is -1.44. The number of nitrogens with zero attached hydrogens (tertiary/aromatic N) is 1. The Labute approximate surface area is 131 Å². The number of pyridine rings is 1. The van der Waals surface area contributed by atoms with Crippen LogP contribution in [0, 0.1) is 0 Å². The Hall–Kier alpha value is -1.66. The average molecular weight is 327 g/mol. The number of hydrogen-bond acceptors (Lipinski definition) is 4. The summed E-state index contributed by atoms with van der Waals surface area (Å²) in [4.78, 5) is 15.9. The zero-order valence-electron chi connectivity index (χ0n) is 10.8. The third-order valence-corrected chi connectivity index (χ3v) is 3.22.